The van der Waals surface area contributed by atoms with Crippen LogP contribution in [0, 0.1) is 11.3 Å². The van der Waals surface area contributed by atoms with Crippen LogP contribution < -0.4 is 0 Å². The minimum Gasteiger partial charge on any atom is -0.462 e. The summed E-state index contributed by atoms with van der Waals surface area (Å²) in [5.41, 5.74) is 0.868. The van der Waals surface area contributed by atoms with Gasteiger partial charge in [-0.25, -0.2) is 4.79 Å². The maximum Gasteiger partial charge on any atom is 0.338 e. The van der Waals surface area contributed by atoms with Crippen LogP contribution in [0.5, 0.6) is 0 Å². The van der Waals surface area contributed by atoms with Crippen LogP contribution in [0.2, 0.25) is 5.02 Å². The zero-order valence-corrected chi connectivity index (χ0v) is 13.0. The molecule has 1 atom stereocenters. The Kier molecular flexibility index (Phi) is 5.86. The second kappa shape index (κ2) is 6.95. The van der Waals surface area contributed by atoms with Crippen LogP contribution in [0.25, 0.3) is 0 Å². The molecule has 1 rings (SSSR count). The summed E-state index contributed by atoms with van der Waals surface area (Å²) in [6.07, 6.45) is 2.03. The number of carbonyl (C=O) groups excluding carboxylic acids is 1. The minimum atomic E-state index is -0.278. The summed E-state index contributed by atoms with van der Waals surface area (Å²) in [6, 6.07) is 6.76. The second-order valence-corrected chi connectivity index (χ2v) is 6.74. The predicted molar refractivity (Wildman–Crippen MR) is 79.6 cm³/mol. The number of esters is 1. The summed E-state index contributed by atoms with van der Waals surface area (Å²) in [6.45, 7) is 9.34. The van der Waals surface area contributed by atoms with Gasteiger partial charge in [0.2, 0.25) is 0 Å². The number of benzene rings is 1. The third-order valence-electron chi connectivity index (χ3n) is 2.88. The smallest absolute Gasteiger partial charge is 0.338 e. The SMILES string of the molecule is CC(CCOC(=O)c1ccc(Cl)cc1)CC(C)(C)C. The molecular weight excluding hydrogens is 260 g/mol. The number of hydrogen-bond acceptors (Lipinski definition) is 2. The molecule has 0 aliphatic rings. The van der Waals surface area contributed by atoms with Gasteiger partial charge in [0, 0.05) is 5.02 Å². The lowest BCUT2D eigenvalue weighted by Gasteiger charge is -2.22. The van der Waals surface area contributed by atoms with Gasteiger partial charge in [-0.3, -0.25) is 0 Å². The molecule has 3 heteroatoms. The van der Waals surface area contributed by atoms with Crippen LogP contribution >= 0.6 is 11.6 Å². The number of ether oxygens (including phenoxy) is 1. The molecule has 0 fully saturated rings. The van der Waals surface area contributed by atoms with Gasteiger partial charge in [0.15, 0.2) is 0 Å². The highest BCUT2D eigenvalue weighted by Gasteiger charge is 2.15. The van der Waals surface area contributed by atoms with Crippen molar-refractivity contribution in [3.05, 3.63) is 34.9 Å². The quantitative estimate of drug-likeness (QED) is 0.714. The molecule has 0 N–H and O–H groups in total. The van der Waals surface area contributed by atoms with Crippen LogP contribution in [-0.2, 0) is 4.74 Å². The van der Waals surface area contributed by atoms with Gasteiger partial charge in [-0.2, -0.15) is 0 Å². The van der Waals surface area contributed by atoms with E-state index in [0.717, 1.165) is 12.8 Å². The maximum absolute atomic E-state index is 11.8. The van der Waals surface area contributed by atoms with Gasteiger partial charge in [-0.1, -0.05) is 39.3 Å². The maximum atomic E-state index is 11.8. The Morgan fingerprint density at radius 3 is 2.37 bits per heavy atom. The van der Waals surface area contributed by atoms with E-state index in [9.17, 15) is 4.79 Å². The average Bonchev–Trinajstić information content (AvgIpc) is 2.27. The zero-order chi connectivity index (χ0) is 14.5. The Morgan fingerprint density at radius 1 is 1.26 bits per heavy atom. The van der Waals surface area contributed by atoms with Gasteiger partial charge in [0.05, 0.1) is 12.2 Å². The molecule has 0 amide bonds. The monoisotopic (exact) mass is 282 g/mol. The first-order valence-corrected chi connectivity index (χ1v) is 7.08. The van der Waals surface area contributed by atoms with Crippen molar-refractivity contribution in [3.8, 4) is 0 Å². The zero-order valence-electron chi connectivity index (χ0n) is 12.2. The van der Waals surface area contributed by atoms with E-state index in [2.05, 4.69) is 27.7 Å². The van der Waals surface area contributed by atoms with Crippen molar-refractivity contribution in [2.75, 3.05) is 6.61 Å². The lowest BCUT2D eigenvalue weighted by molar-refractivity contribution is 0.0478. The fraction of sp³-hybridized carbons (Fsp3) is 0.562. The molecule has 1 aromatic rings. The van der Waals surface area contributed by atoms with E-state index in [-0.39, 0.29) is 5.97 Å². The molecular formula is C16H23ClO2. The summed E-state index contributed by atoms with van der Waals surface area (Å²) in [5, 5.41) is 0.621. The molecule has 0 heterocycles. The largest absolute Gasteiger partial charge is 0.462 e. The normalized spacial score (nSPS) is 13.1. The highest BCUT2D eigenvalue weighted by molar-refractivity contribution is 6.30. The highest BCUT2D eigenvalue weighted by Crippen LogP contribution is 2.25. The van der Waals surface area contributed by atoms with Gasteiger partial charge in [0.25, 0.3) is 0 Å². The van der Waals surface area contributed by atoms with Gasteiger partial charge < -0.3 is 4.74 Å². The fourth-order valence-corrected chi connectivity index (χ4v) is 2.30. The van der Waals surface area contributed by atoms with Crippen LogP contribution in [0.4, 0.5) is 0 Å². The first-order valence-electron chi connectivity index (χ1n) is 6.70. The molecule has 0 aliphatic heterocycles. The van der Waals surface area contributed by atoms with E-state index >= 15 is 0 Å². The summed E-state index contributed by atoms with van der Waals surface area (Å²) in [5.74, 6) is 0.276. The van der Waals surface area contributed by atoms with Crippen molar-refractivity contribution < 1.29 is 9.53 Å². The topological polar surface area (TPSA) is 26.3 Å². The molecule has 2 nitrogen and oxygen atoms in total. The second-order valence-electron chi connectivity index (χ2n) is 6.30. The number of rotatable bonds is 5. The van der Waals surface area contributed by atoms with Crippen molar-refractivity contribution in [3.63, 3.8) is 0 Å². The first-order chi connectivity index (χ1) is 8.78. The summed E-state index contributed by atoms with van der Waals surface area (Å²) in [4.78, 5) is 11.8. The molecule has 0 radical (unpaired) electrons. The Labute approximate surface area is 121 Å². The van der Waals surface area contributed by atoms with E-state index in [0.29, 0.717) is 28.5 Å². The molecule has 0 saturated carbocycles. The molecule has 1 aromatic carbocycles. The molecule has 0 saturated heterocycles. The van der Waals surface area contributed by atoms with Crippen LogP contribution in [0.3, 0.4) is 0 Å². The molecule has 1 unspecified atom stereocenters. The molecule has 0 aliphatic carbocycles. The Morgan fingerprint density at radius 2 is 1.84 bits per heavy atom. The van der Waals surface area contributed by atoms with Crippen molar-refractivity contribution in [1.82, 2.24) is 0 Å². The van der Waals surface area contributed by atoms with Crippen molar-refractivity contribution >= 4 is 17.6 Å². The number of halogens is 1. The van der Waals surface area contributed by atoms with E-state index in [1.165, 1.54) is 0 Å². The van der Waals surface area contributed by atoms with E-state index in [4.69, 9.17) is 16.3 Å². The molecule has 0 bridgehead atoms. The van der Waals surface area contributed by atoms with Gasteiger partial charge in [-0.05, 0) is 48.4 Å². The van der Waals surface area contributed by atoms with Gasteiger partial charge in [-0.15, -0.1) is 0 Å². The summed E-state index contributed by atoms with van der Waals surface area (Å²) < 4.78 is 5.27. The third-order valence-corrected chi connectivity index (χ3v) is 3.14. The predicted octanol–water partition coefficient (Wildman–Crippen LogP) is 4.96. The third kappa shape index (κ3) is 6.63. The van der Waals surface area contributed by atoms with E-state index in [1.54, 1.807) is 24.3 Å². The molecule has 0 spiro atoms. The Hall–Kier alpha value is -1.02. The number of carbonyl (C=O) groups is 1. The van der Waals surface area contributed by atoms with Crippen LogP contribution in [0.1, 0.15) is 50.9 Å². The molecule has 106 valence electrons. The summed E-state index contributed by atoms with van der Waals surface area (Å²) >= 11 is 5.77. The first kappa shape index (κ1) is 16.0. The van der Waals surface area contributed by atoms with Crippen molar-refractivity contribution in [1.29, 1.82) is 0 Å². The van der Waals surface area contributed by atoms with Crippen molar-refractivity contribution in [2.45, 2.75) is 40.5 Å². The van der Waals surface area contributed by atoms with Crippen LogP contribution in [-0.4, -0.2) is 12.6 Å². The number of hydrogen-bond donors (Lipinski definition) is 0. The summed E-state index contributed by atoms with van der Waals surface area (Å²) in [7, 11) is 0. The van der Waals surface area contributed by atoms with E-state index in [1.807, 2.05) is 0 Å². The fourth-order valence-electron chi connectivity index (χ4n) is 2.17. The Balaban J connectivity index is 2.33. The molecule has 19 heavy (non-hydrogen) atoms. The highest BCUT2D eigenvalue weighted by atomic mass is 35.5. The molecule has 0 aromatic heterocycles. The standard InChI is InChI=1S/C16H23ClO2/c1-12(11-16(2,3)4)9-10-19-15(18)13-5-7-14(17)8-6-13/h5-8,12H,9-11H2,1-4H3. The van der Waals surface area contributed by atoms with Crippen molar-refractivity contribution in [2.24, 2.45) is 11.3 Å². The Bertz CT molecular complexity index is 404. The lowest BCUT2D eigenvalue weighted by atomic mass is 9.84. The van der Waals surface area contributed by atoms with Crippen LogP contribution in [0.15, 0.2) is 24.3 Å². The lowest BCUT2D eigenvalue weighted by Crippen LogP contribution is -2.14. The average molecular weight is 283 g/mol. The van der Waals surface area contributed by atoms with Gasteiger partial charge in [0.1, 0.15) is 0 Å². The minimum absolute atomic E-state index is 0.278. The van der Waals surface area contributed by atoms with Gasteiger partial charge >= 0.3 is 5.97 Å². The van der Waals surface area contributed by atoms with E-state index < -0.39 is 0 Å².